The zero-order valence-corrected chi connectivity index (χ0v) is 11.4. The molecule has 2 nitrogen and oxygen atoms in total. The second-order valence-electron chi connectivity index (χ2n) is 4.84. The van der Waals surface area contributed by atoms with Crippen LogP contribution in [0.5, 0.6) is 0 Å². The van der Waals surface area contributed by atoms with Crippen LogP contribution in [0.1, 0.15) is 11.1 Å². The van der Waals surface area contributed by atoms with Gasteiger partial charge in [0, 0.05) is 0 Å². The number of benzene rings is 3. The van der Waals surface area contributed by atoms with Crippen LogP contribution in [0.15, 0.2) is 72.8 Å². The molecule has 3 rings (SSSR count). The Kier molecular flexibility index (Phi) is 3.52. The molecule has 3 aromatic carbocycles. The number of carboxylic acids is 1. The van der Waals surface area contributed by atoms with Crippen LogP contribution < -0.4 is 0 Å². The van der Waals surface area contributed by atoms with Crippen molar-refractivity contribution in [2.75, 3.05) is 0 Å². The van der Waals surface area contributed by atoms with Gasteiger partial charge in [0.15, 0.2) is 0 Å². The lowest BCUT2D eigenvalue weighted by Crippen LogP contribution is -1.99. The topological polar surface area (TPSA) is 37.3 Å². The van der Waals surface area contributed by atoms with Crippen molar-refractivity contribution in [3.63, 3.8) is 0 Å². The number of hydrogen-bond acceptors (Lipinski definition) is 1. The van der Waals surface area contributed by atoms with E-state index in [1.54, 1.807) is 18.2 Å². The van der Waals surface area contributed by atoms with E-state index in [-0.39, 0.29) is 0 Å². The Morgan fingerprint density at radius 1 is 0.810 bits per heavy atom. The molecule has 0 atom stereocenters. The van der Waals surface area contributed by atoms with Crippen molar-refractivity contribution in [2.45, 2.75) is 0 Å². The molecule has 0 spiro atoms. The summed E-state index contributed by atoms with van der Waals surface area (Å²) in [7, 11) is 0. The molecule has 0 bridgehead atoms. The fourth-order valence-corrected chi connectivity index (χ4v) is 2.35. The van der Waals surface area contributed by atoms with E-state index in [0.29, 0.717) is 11.1 Å². The molecule has 0 unspecified atom stereocenters. The van der Waals surface area contributed by atoms with Gasteiger partial charge >= 0.3 is 5.97 Å². The zero-order chi connectivity index (χ0) is 14.7. The molecule has 21 heavy (non-hydrogen) atoms. The standard InChI is InChI=1S/C19H14O2/c20-19(21)18(16-7-2-1-3-8-16)13-14-10-11-15-6-4-5-9-17(15)12-14/h1-13H,(H,20,21)/b18-13+. The molecule has 3 aromatic rings. The quantitative estimate of drug-likeness (QED) is 0.565. The molecule has 0 aliphatic heterocycles. The molecule has 0 saturated heterocycles. The van der Waals surface area contributed by atoms with Gasteiger partial charge in [0.1, 0.15) is 0 Å². The molecule has 0 aliphatic rings. The maximum atomic E-state index is 11.5. The molecule has 0 fully saturated rings. The van der Waals surface area contributed by atoms with E-state index >= 15 is 0 Å². The van der Waals surface area contributed by atoms with Crippen LogP contribution in [0.2, 0.25) is 0 Å². The molecule has 0 heterocycles. The minimum Gasteiger partial charge on any atom is -0.478 e. The summed E-state index contributed by atoms with van der Waals surface area (Å²) in [6.07, 6.45) is 1.71. The molecular formula is C19H14O2. The first kappa shape index (κ1) is 13.1. The Labute approximate surface area is 123 Å². The van der Waals surface area contributed by atoms with Crippen molar-refractivity contribution in [2.24, 2.45) is 0 Å². The monoisotopic (exact) mass is 274 g/mol. The highest BCUT2D eigenvalue weighted by Crippen LogP contribution is 2.21. The Balaban J connectivity index is 2.09. The largest absolute Gasteiger partial charge is 0.478 e. The van der Waals surface area contributed by atoms with E-state index in [0.717, 1.165) is 16.3 Å². The zero-order valence-electron chi connectivity index (χ0n) is 11.4. The SMILES string of the molecule is O=C(O)/C(=C/c1ccc2ccccc2c1)c1ccccc1. The first-order valence-corrected chi connectivity index (χ1v) is 6.73. The van der Waals surface area contributed by atoms with Crippen molar-refractivity contribution in [1.29, 1.82) is 0 Å². The van der Waals surface area contributed by atoms with Crippen molar-refractivity contribution in [1.82, 2.24) is 0 Å². The second-order valence-corrected chi connectivity index (χ2v) is 4.84. The van der Waals surface area contributed by atoms with Crippen LogP contribution in [0.4, 0.5) is 0 Å². The lowest BCUT2D eigenvalue weighted by atomic mass is 10.0. The summed E-state index contributed by atoms with van der Waals surface area (Å²) >= 11 is 0. The third-order valence-corrected chi connectivity index (χ3v) is 3.40. The first-order valence-electron chi connectivity index (χ1n) is 6.73. The van der Waals surface area contributed by atoms with Crippen LogP contribution in [0.25, 0.3) is 22.4 Å². The van der Waals surface area contributed by atoms with Crippen molar-refractivity contribution < 1.29 is 9.90 Å². The average Bonchev–Trinajstić information content (AvgIpc) is 2.53. The maximum Gasteiger partial charge on any atom is 0.336 e. The smallest absolute Gasteiger partial charge is 0.336 e. The van der Waals surface area contributed by atoms with Gasteiger partial charge in [-0.15, -0.1) is 0 Å². The van der Waals surface area contributed by atoms with E-state index in [1.165, 1.54) is 0 Å². The van der Waals surface area contributed by atoms with Gasteiger partial charge in [-0.25, -0.2) is 4.79 Å². The molecule has 0 amide bonds. The minimum absolute atomic E-state index is 0.297. The highest BCUT2D eigenvalue weighted by Gasteiger charge is 2.09. The summed E-state index contributed by atoms with van der Waals surface area (Å²) in [4.78, 5) is 11.5. The lowest BCUT2D eigenvalue weighted by Gasteiger charge is -2.04. The van der Waals surface area contributed by atoms with Gasteiger partial charge in [-0.2, -0.15) is 0 Å². The fourth-order valence-electron chi connectivity index (χ4n) is 2.35. The summed E-state index contributed by atoms with van der Waals surface area (Å²) in [6, 6.07) is 23.1. The Morgan fingerprint density at radius 2 is 1.48 bits per heavy atom. The summed E-state index contributed by atoms with van der Waals surface area (Å²) in [5.74, 6) is -0.922. The highest BCUT2D eigenvalue weighted by molar-refractivity contribution is 6.20. The molecule has 0 radical (unpaired) electrons. The minimum atomic E-state index is -0.922. The van der Waals surface area contributed by atoms with Crippen LogP contribution in [-0.4, -0.2) is 11.1 Å². The number of aliphatic carboxylic acids is 1. The van der Waals surface area contributed by atoms with Gasteiger partial charge in [-0.05, 0) is 34.0 Å². The number of carbonyl (C=O) groups is 1. The predicted molar refractivity (Wildman–Crippen MR) is 85.9 cm³/mol. The molecular weight excluding hydrogens is 260 g/mol. The third kappa shape index (κ3) is 2.84. The van der Waals surface area contributed by atoms with Crippen molar-refractivity contribution >= 4 is 28.4 Å². The number of carboxylic acid groups (broad SMARTS) is 1. The summed E-state index contributed by atoms with van der Waals surface area (Å²) in [5, 5.41) is 11.7. The first-order chi connectivity index (χ1) is 10.2. The second kappa shape index (κ2) is 5.63. The van der Waals surface area contributed by atoms with Gasteiger partial charge in [-0.1, -0.05) is 66.7 Å². The fraction of sp³-hybridized carbons (Fsp3) is 0. The summed E-state index contributed by atoms with van der Waals surface area (Å²) in [6.45, 7) is 0. The van der Waals surface area contributed by atoms with E-state index in [9.17, 15) is 9.90 Å². The normalized spacial score (nSPS) is 11.5. The number of hydrogen-bond donors (Lipinski definition) is 1. The third-order valence-electron chi connectivity index (χ3n) is 3.40. The van der Waals surface area contributed by atoms with Crippen LogP contribution in [0, 0.1) is 0 Å². The molecule has 1 N–H and O–H groups in total. The molecule has 0 aliphatic carbocycles. The Morgan fingerprint density at radius 3 is 2.19 bits per heavy atom. The van der Waals surface area contributed by atoms with Crippen LogP contribution in [0.3, 0.4) is 0 Å². The maximum absolute atomic E-state index is 11.5. The van der Waals surface area contributed by atoms with Crippen molar-refractivity contribution in [3.8, 4) is 0 Å². The van der Waals surface area contributed by atoms with Gasteiger partial charge < -0.3 is 5.11 Å². The molecule has 0 aromatic heterocycles. The van der Waals surface area contributed by atoms with Gasteiger partial charge in [0.05, 0.1) is 5.57 Å². The summed E-state index contributed by atoms with van der Waals surface area (Å²) in [5.41, 5.74) is 1.89. The van der Waals surface area contributed by atoms with E-state index in [1.807, 2.05) is 60.7 Å². The number of fused-ring (bicyclic) bond motifs is 1. The van der Waals surface area contributed by atoms with Gasteiger partial charge in [-0.3, -0.25) is 0 Å². The molecule has 102 valence electrons. The summed E-state index contributed by atoms with van der Waals surface area (Å²) < 4.78 is 0. The van der Waals surface area contributed by atoms with Gasteiger partial charge in [0.25, 0.3) is 0 Å². The lowest BCUT2D eigenvalue weighted by molar-refractivity contribution is -0.130. The molecule has 2 heteroatoms. The Bertz CT molecular complexity index is 817. The molecule has 0 saturated carbocycles. The highest BCUT2D eigenvalue weighted by atomic mass is 16.4. The van der Waals surface area contributed by atoms with E-state index in [2.05, 4.69) is 0 Å². The van der Waals surface area contributed by atoms with Crippen LogP contribution >= 0.6 is 0 Å². The van der Waals surface area contributed by atoms with E-state index < -0.39 is 5.97 Å². The van der Waals surface area contributed by atoms with E-state index in [4.69, 9.17) is 0 Å². The average molecular weight is 274 g/mol. The number of rotatable bonds is 3. The van der Waals surface area contributed by atoms with Crippen LogP contribution in [-0.2, 0) is 4.79 Å². The Hall–Kier alpha value is -2.87. The van der Waals surface area contributed by atoms with Crippen molar-refractivity contribution in [3.05, 3.63) is 83.9 Å². The predicted octanol–water partition coefficient (Wildman–Crippen LogP) is 4.47. The van der Waals surface area contributed by atoms with Gasteiger partial charge in [0.2, 0.25) is 0 Å².